The summed E-state index contributed by atoms with van der Waals surface area (Å²) in [7, 11) is -17.0. The van der Waals surface area contributed by atoms with Gasteiger partial charge in [0.2, 0.25) is 37.1 Å². The predicted molar refractivity (Wildman–Crippen MR) is 224 cm³/mol. The van der Waals surface area contributed by atoms with Crippen LogP contribution in [0.1, 0.15) is 181 Å². The van der Waals surface area contributed by atoms with E-state index < -0.39 is 93.2 Å². The summed E-state index contributed by atoms with van der Waals surface area (Å²) < 4.78 is 126. The number of allylic oxidation sites excluding steroid dienone is 1. The van der Waals surface area contributed by atoms with Crippen molar-refractivity contribution in [2.75, 3.05) is 13.2 Å². The molecular formula is C40H74NNa3O17S3. The van der Waals surface area contributed by atoms with Crippen molar-refractivity contribution in [2.24, 2.45) is 0 Å². The Balaban J connectivity index is -0.0000124. The van der Waals surface area contributed by atoms with Gasteiger partial charge in [0.05, 0.1) is 25.4 Å². The third kappa shape index (κ3) is 38.4. The summed E-state index contributed by atoms with van der Waals surface area (Å²) in [5.41, 5.74) is 0. The Morgan fingerprint density at radius 3 is 1.47 bits per heavy atom. The molecule has 1 rings (SSSR count). The maximum atomic E-state index is 13.1. The fraction of sp³-hybridized carbons (Fsp3) is 0.925. The second-order valence-corrected chi connectivity index (χ2v) is 19.0. The first-order valence-corrected chi connectivity index (χ1v) is 26.3. The van der Waals surface area contributed by atoms with E-state index in [9.17, 15) is 53.9 Å². The van der Waals surface area contributed by atoms with Gasteiger partial charge in [-0.25, -0.2) is 25.3 Å². The fourth-order valence-electron chi connectivity index (χ4n) is 7.12. The van der Waals surface area contributed by atoms with Gasteiger partial charge in [0.1, 0.15) is 24.4 Å². The molecule has 1 fully saturated rings. The van der Waals surface area contributed by atoms with Crippen molar-refractivity contribution in [1.82, 2.24) is 5.32 Å². The van der Waals surface area contributed by atoms with Gasteiger partial charge in [-0.05, 0) is 19.3 Å². The third-order valence-electron chi connectivity index (χ3n) is 10.5. The van der Waals surface area contributed by atoms with Crippen LogP contribution in [-0.4, -0.2) is 111 Å². The van der Waals surface area contributed by atoms with Gasteiger partial charge in [0.25, 0.3) is 0 Å². The fourth-order valence-corrected chi connectivity index (χ4v) is 8.42. The normalized spacial score (nSPS) is 20.2. The van der Waals surface area contributed by atoms with Crippen LogP contribution >= 0.6 is 0 Å². The molecule has 1 saturated heterocycles. The van der Waals surface area contributed by atoms with Crippen molar-refractivity contribution in [1.29, 1.82) is 0 Å². The molecule has 24 heteroatoms. The van der Waals surface area contributed by atoms with Crippen molar-refractivity contribution in [3.05, 3.63) is 12.2 Å². The molecule has 0 bridgehead atoms. The first kappa shape index (κ1) is 69.9. The number of rotatable bonds is 39. The Labute approximate surface area is 451 Å². The van der Waals surface area contributed by atoms with E-state index in [1.807, 2.05) is 0 Å². The number of hydrogen-bond acceptors (Lipinski definition) is 17. The van der Waals surface area contributed by atoms with Crippen LogP contribution in [0.4, 0.5) is 0 Å². The van der Waals surface area contributed by atoms with Gasteiger partial charge in [-0.2, -0.15) is 0 Å². The Hall–Kier alpha value is 1.66. The SMILES string of the molecule is CCCCCCCCCCCCC/C=C/[C@@H](O)[C@H](CO[C@H]1O[C@H](COS(=O)(=O)[O-])[C@H](OS(=O)(=O)[O-])[C@H](OS(=O)(=O)[O-])[C@H]1O)NC(=O)CCCCCCCCCCCCCCC.[Na+].[Na+].[Na+]. The molecule has 1 amide bonds. The molecule has 0 aromatic heterocycles. The summed E-state index contributed by atoms with van der Waals surface area (Å²) >= 11 is 0. The van der Waals surface area contributed by atoms with Crippen molar-refractivity contribution in [3.63, 3.8) is 0 Å². The number of carbonyl (C=O) groups is 1. The molecule has 1 aliphatic rings. The number of carbonyl (C=O) groups excluding carboxylic acids is 1. The molecule has 7 atom stereocenters. The summed E-state index contributed by atoms with van der Waals surface area (Å²) in [5, 5.41) is 24.7. The van der Waals surface area contributed by atoms with Crippen LogP contribution in [-0.2, 0) is 58.0 Å². The van der Waals surface area contributed by atoms with Crippen molar-refractivity contribution >= 4 is 37.1 Å². The topological polar surface area (TPSA) is 287 Å². The number of aliphatic hydroxyl groups excluding tert-OH is 2. The van der Waals surface area contributed by atoms with Gasteiger partial charge in [0, 0.05) is 6.42 Å². The van der Waals surface area contributed by atoms with E-state index >= 15 is 0 Å². The van der Waals surface area contributed by atoms with Crippen LogP contribution in [0.25, 0.3) is 0 Å². The van der Waals surface area contributed by atoms with E-state index in [4.69, 9.17) is 9.47 Å². The molecule has 0 aromatic carbocycles. The molecule has 0 spiro atoms. The van der Waals surface area contributed by atoms with E-state index in [1.165, 1.54) is 102 Å². The van der Waals surface area contributed by atoms with Crippen LogP contribution in [0.2, 0.25) is 0 Å². The minimum atomic E-state index is -5.77. The molecule has 1 aliphatic heterocycles. The average molecular weight is 1010 g/mol. The second-order valence-electron chi connectivity index (χ2n) is 15.9. The van der Waals surface area contributed by atoms with Crippen LogP contribution < -0.4 is 94.0 Å². The smallest absolute Gasteiger partial charge is 0.726 e. The molecule has 64 heavy (non-hydrogen) atoms. The molecule has 3 N–H and O–H groups in total. The summed E-state index contributed by atoms with van der Waals surface area (Å²) in [4.78, 5) is 13.1. The molecule has 18 nitrogen and oxygen atoms in total. The van der Waals surface area contributed by atoms with E-state index in [0.29, 0.717) is 12.8 Å². The van der Waals surface area contributed by atoms with Gasteiger partial charge in [-0.3, -0.25) is 17.3 Å². The first-order chi connectivity index (χ1) is 28.9. The summed E-state index contributed by atoms with van der Waals surface area (Å²) in [6.07, 6.45) is 18.2. The zero-order valence-electron chi connectivity index (χ0n) is 39.2. The first-order valence-electron chi connectivity index (χ1n) is 22.3. The van der Waals surface area contributed by atoms with E-state index in [0.717, 1.165) is 51.4 Å². The molecule has 0 aromatic rings. The largest absolute Gasteiger partial charge is 1.00 e. The number of amides is 1. The van der Waals surface area contributed by atoms with Gasteiger partial charge in [-0.1, -0.05) is 167 Å². The zero-order chi connectivity index (χ0) is 45.6. The molecule has 0 saturated carbocycles. The van der Waals surface area contributed by atoms with Crippen LogP contribution in [0.5, 0.6) is 0 Å². The average Bonchev–Trinajstić information content (AvgIpc) is 3.17. The van der Waals surface area contributed by atoms with Crippen LogP contribution in [0, 0.1) is 0 Å². The number of aliphatic hydroxyl groups is 2. The summed E-state index contributed by atoms with van der Waals surface area (Å²) in [6.45, 7) is 2.35. The second kappa shape index (κ2) is 41.3. The van der Waals surface area contributed by atoms with E-state index in [2.05, 4.69) is 31.7 Å². The maximum absolute atomic E-state index is 13.1. The third-order valence-corrected chi connectivity index (χ3v) is 11.8. The van der Waals surface area contributed by atoms with E-state index in [1.54, 1.807) is 6.08 Å². The van der Waals surface area contributed by atoms with Gasteiger partial charge in [-0.15, -0.1) is 0 Å². The minimum Gasteiger partial charge on any atom is -0.726 e. The predicted octanol–water partition coefficient (Wildman–Crippen LogP) is -3.15. The Kier molecular flexibility index (Phi) is 45.1. The standard InChI is InChI=1S/C40H77NO17S3.3Na/c1-3-5-7-9-11-13-15-17-19-21-23-25-27-29-34(42)33(41-36(43)30-28-26-24-22-20-18-16-14-12-10-8-6-4-2)31-54-40-37(44)39(58-61(51,52)53)38(57-60(48,49)50)35(56-40)32-55-59(45,46)47;;;/h27,29,33-35,37-40,42,44H,3-26,28,30-32H2,1-2H3,(H,41,43)(H,45,46,47)(H,48,49,50)(H,51,52,53);;;/q;3*+1/p-3/b29-27+;;;/t33-,34+,35+,37+,38-,39+,40-;;;/m0.../s1. The molecule has 362 valence electrons. The van der Waals surface area contributed by atoms with Crippen LogP contribution in [0.15, 0.2) is 12.2 Å². The van der Waals surface area contributed by atoms with E-state index in [-0.39, 0.29) is 95.1 Å². The Bertz CT molecular complexity index is 1510. The Morgan fingerprint density at radius 1 is 0.641 bits per heavy atom. The monoisotopic (exact) mass is 1010 g/mol. The minimum absolute atomic E-state index is 0. The molecule has 0 aliphatic carbocycles. The van der Waals surface area contributed by atoms with Gasteiger partial charge >= 0.3 is 88.7 Å². The number of hydrogen-bond donors (Lipinski definition) is 3. The number of nitrogens with one attached hydrogen (secondary N) is 1. The van der Waals surface area contributed by atoms with Gasteiger partial charge in [0.15, 0.2) is 6.29 Å². The van der Waals surface area contributed by atoms with Gasteiger partial charge < -0.3 is 38.7 Å². The Morgan fingerprint density at radius 2 is 1.05 bits per heavy atom. The van der Waals surface area contributed by atoms with Crippen molar-refractivity contribution in [2.45, 2.75) is 224 Å². The summed E-state index contributed by atoms with van der Waals surface area (Å²) in [6, 6.07) is -1.20. The summed E-state index contributed by atoms with van der Waals surface area (Å²) in [5.74, 6) is -0.431. The zero-order valence-corrected chi connectivity index (χ0v) is 47.7. The molecule has 1 heterocycles. The quantitative estimate of drug-likeness (QED) is 0.0180. The number of ether oxygens (including phenoxy) is 2. The van der Waals surface area contributed by atoms with Crippen LogP contribution in [0.3, 0.4) is 0 Å². The van der Waals surface area contributed by atoms with Crippen molar-refractivity contribution < 1.29 is 165 Å². The molecule has 0 unspecified atom stereocenters. The molecule has 0 radical (unpaired) electrons. The maximum Gasteiger partial charge on any atom is 1.00 e. The number of unbranched alkanes of at least 4 members (excludes halogenated alkanes) is 23. The van der Waals surface area contributed by atoms with Crippen molar-refractivity contribution in [3.8, 4) is 0 Å². The molecular weight excluding hydrogens is 932 g/mol.